The van der Waals surface area contributed by atoms with Gasteiger partial charge in [0.25, 0.3) is 0 Å². The van der Waals surface area contributed by atoms with Gasteiger partial charge in [-0.1, -0.05) is 18.2 Å². The average molecular weight is 343 g/mol. The predicted molar refractivity (Wildman–Crippen MR) is 94.4 cm³/mol. The van der Waals surface area contributed by atoms with Gasteiger partial charge in [-0.3, -0.25) is 9.48 Å². The summed E-state index contributed by atoms with van der Waals surface area (Å²) in [5.41, 5.74) is 0.511. The van der Waals surface area contributed by atoms with Gasteiger partial charge in [-0.2, -0.15) is 5.10 Å². The second-order valence-electron chi connectivity index (χ2n) is 7.02. The van der Waals surface area contributed by atoms with E-state index in [1.165, 1.54) is 0 Å². The zero-order valence-electron chi connectivity index (χ0n) is 15.0. The first-order valence-corrected chi connectivity index (χ1v) is 8.53. The van der Waals surface area contributed by atoms with Crippen LogP contribution in [0.15, 0.2) is 42.6 Å². The van der Waals surface area contributed by atoms with Gasteiger partial charge < -0.3 is 14.4 Å². The lowest BCUT2D eigenvalue weighted by Gasteiger charge is -2.42. The number of carbonyl (C=O) groups excluding carboxylic acids is 1. The molecular weight excluding hydrogens is 318 g/mol. The monoisotopic (exact) mass is 343 g/mol. The smallest absolute Gasteiger partial charge is 0.228 e. The molecule has 0 aliphatic carbocycles. The number of rotatable bonds is 5. The second-order valence-corrected chi connectivity index (χ2v) is 7.02. The van der Waals surface area contributed by atoms with E-state index in [0.717, 1.165) is 11.4 Å². The minimum atomic E-state index is -0.398. The molecule has 1 aromatic heterocycles. The molecule has 0 spiro atoms. The fraction of sp³-hybridized carbons (Fsp3) is 0.474. The molecule has 1 amide bonds. The van der Waals surface area contributed by atoms with Gasteiger partial charge in [0.1, 0.15) is 18.5 Å². The number of para-hydroxylation sites is 1. The van der Waals surface area contributed by atoms with E-state index in [4.69, 9.17) is 9.47 Å². The molecule has 1 aliphatic heterocycles. The lowest BCUT2D eigenvalue weighted by molar-refractivity contribution is -0.165. The maximum absolute atomic E-state index is 12.7. The fourth-order valence-corrected chi connectivity index (χ4v) is 3.12. The number of nitrogens with zero attached hydrogens (tertiary/aromatic N) is 3. The third-order valence-electron chi connectivity index (χ3n) is 4.27. The maximum atomic E-state index is 12.7. The van der Waals surface area contributed by atoms with Crippen molar-refractivity contribution in [3.63, 3.8) is 0 Å². The Morgan fingerprint density at radius 1 is 1.32 bits per heavy atom. The van der Waals surface area contributed by atoms with E-state index in [0.29, 0.717) is 26.1 Å². The van der Waals surface area contributed by atoms with E-state index in [9.17, 15) is 4.79 Å². The van der Waals surface area contributed by atoms with Crippen LogP contribution in [0.25, 0.3) is 0 Å². The summed E-state index contributed by atoms with van der Waals surface area (Å²) in [7, 11) is 1.85. The Morgan fingerprint density at radius 2 is 2.08 bits per heavy atom. The molecule has 6 nitrogen and oxygen atoms in total. The first kappa shape index (κ1) is 17.5. The van der Waals surface area contributed by atoms with Crippen LogP contribution in [-0.4, -0.2) is 52.0 Å². The van der Waals surface area contributed by atoms with E-state index in [-0.39, 0.29) is 12.0 Å². The molecule has 6 heteroatoms. The number of carbonyl (C=O) groups is 1. The third kappa shape index (κ3) is 4.60. The molecule has 1 aromatic carbocycles. The Morgan fingerprint density at radius 3 is 2.76 bits per heavy atom. The largest absolute Gasteiger partial charge is 0.491 e. The molecule has 0 radical (unpaired) electrons. The van der Waals surface area contributed by atoms with Crippen molar-refractivity contribution in [3.8, 4) is 5.75 Å². The van der Waals surface area contributed by atoms with Crippen LogP contribution >= 0.6 is 0 Å². The molecule has 1 saturated heterocycles. The van der Waals surface area contributed by atoms with Crippen LogP contribution in [-0.2, 0) is 23.0 Å². The average Bonchev–Trinajstić information content (AvgIpc) is 2.97. The molecule has 3 rings (SSSR count). The second kappa shape index (κ2) is 7.27. The Bertz CT molecular complexity index is 712. The summed E-state index contributed by atoms with van der Waals surface area (Å²) in [6, 6.07) is 11.5. The number of morpholine rings is 1. The maximum Gasteiger partial charge on any atom is 0.228 e. The van der Waals surface area contributed by atoms with E-state index >= 15 is 0 Å². The molecule has 0 N–H and O–H groups in total. The van der Waals surface area contributed by atoms with Crippen LogP contribution < -0.4 is 4.74 Å². The summed E-state index contributed by atoms with van der Waals surface area (Å²) in [6.07, 6.45) is 1.90. The van der Waals surface area contributed by atoms with Crippen molar-refractivity contribution in [2.45, 2.75) is 32.0 Å². The van der Waals surface area contributed by atoms with E-state index < -0.39 is 5.60 Å². The van der Waals surface area contributed by atoms with Crippen molar-refractivity contribution in [1.29, 1.82) is 0 Å². The molecule has 0 bridgehead atoms. The van der Waals surface area contributed by atoms with Crippen molar-refractivity contribution in [3.05, 3.63) is 48.3 Å². The molecule has 2 heterocycles. The molecule has 2 aromatic rings. The molecular formula is C19H25N3O3. The van der Waals surface area contributed by atoms with Gasteiger partial charge in [-0.25, -0.2) is 0 Å². The van der Waals surface area contributed by atoms with Crippen molar-refractivity contribution in [1.82, 2.24) is 14.7 Å². The Kier molecular flexibility index (Phi) is 5.08. The molecule has 0 saturated carbocycles. The number of ether oxygens (including phenoxy) is 2. The molecule has 1 aliphatic rings. The molecule has 134 valence electrons. The van der Waals surface area contributed by atoms with Crippen molar-refractivity contribution in [2.75, 3.05) is 19.7 Å². The molecule has 1 atom stereocenters. The predicted octanol–water partition coefficient (Wildman–Crippen LogP) is 2.05. The third-order valence-corrected chi connectivity index (χ3v) is 4.27. The highest BCUT2D eigenvalue weighted by Gasteiger charge is 2.36. The van der Waals surface area contributed by atoms with Crippen LogP contribution in [0.3, 0.4) is 0 Å². The first-order valence-electron chi connectivity index (χ1n) is 8.53. The molecule has 25 heavy (non-hydrogen) atoms. The zero-order valence-corrected chi connectivity index (χ0v) is 15.0. The standard InChI is InChI=1S/C19H25N3O3/c1-19(2)14-22(18(23)11-15-9-10-20-21(15)3)12-17(25-19)13-24-16-7-5-4-6-8-16/h4-10,17H,11-14H2,1-3H3/t17-/m1/s1. The number of amides is 1. The van der Waals surface area contributed by atoms with Crippen LogP contribution in [0, 0.1) is 0 Å². The minimum Gasteiger partial charge on any atom is -0.491 e. The topological polar surface area (TPSA) is 56.6 Å². The normalized spacial score (nSPS) is 19.6. The number of hydrogen-bond donors (Lipinski definition) is 0. The quantitative estimate of drug-likeness (QED) is 0.834. The number of aromatic nitrogens is 2. The Balaban J connectivity index is 1.62. The fourth-order valence-electron chi connectivity index (χ4n) is 3.12. The van der Waals surface area contributed by atoms with Gasteiger partial charge in [-0.15, -0.1) is 0 Å². The van der Waals surface area contributed by atoms with Gasteiger partial charge in [-0.05, 0) is 32.0 Å². The van der Waals surface area contributed by atoms with Crippen molar-refractivity contribution < 1.29 is 14.3 Å². The van der Waals surface area contributed by atoms with Crippen LogP contribution in [0.5, 0.6) is 5.75 Å². The number of hydrogen-bond acceptors (Lipinski definition) is 4. The summed E-state index contributed by atoms with van der Waals surface area (Å²) in [5, 5.41) is 4.12. The first-order chi connectivity index (χ1) is 11.9. The summed E-state index contributed by atoms with van der Waals surface area (Å²) in [6.45, 7) is 5.54. The van der Waals surface area contributed by atoms with E-state index in [2.05, 4.69) is 5.10 Å². The van der Waals surface area contributed by atoms with E-state index in [1.807, 2.05) is 62.2 Å². The SMILES string of the molecule is Cn1nccc1CC(=O)N1C[C@H](COc2ccccc2)OC(C)(C)C1. The highest BCUT2D eigenvalue weighted by Crippen LogP contribution is 2.22. The van der Waals surface area contributed by atoms with Crippen LogP contribution in [0.1, 0.15) is 19.5 Å². The number of aryl methyl sites for hydroxylation is 1. The van der Waals surface area contributed by atoms with Crippen LogP contribution in [0.2, 0.25) is 0 Å². The van der Waals surface area contributed by atoms with E-state index in [1.54, 1.807) is 10.9 Å². The van der Waals surface area contributed by atoms with Gasteiger partial charge >= 0.3 is 0 Å². The summed E-state index contributed by atoms with van der Waals surface area (Å²) >= 11 is 0. The lowest BCUT2D eigenvalue weighted by Crippen LogP contribution is -2.56. The Labute approximate surface area is 148 Å². The highest BCUT2D eigenvalue weighted by molar-refractivity contribution is 5.78. The zero-order chi connectivity index (χ0) is 17.9. The van der Waals surface area contributed by atoms with Gasteiger partial charge in [0.2, 0.25) is 5.91 Å². The molecule has 0 unspecified atom stereocenters. The molecule has 1 fully saturated rings. The van der Waals surface area contributed by atoms with Gasteiger partial charge in [0, 0.05) is 25.5 Å². The summed E-state index contributed by atoms with van der Waals surface area (Å²) in [5.74, 6) is 0.895. The van der Waals surface area contributed by atoms with Gasteiger partial charge in [0.15, 0.2) is 0 Å². The van der Waals surface area contributed by atoms with Crippen molar-refractivity contribution >= 4 is 5.91 Å². The van der Waals surface area contributed by atoms with Crippen molar-refractivity contribution in [2.24, 2.45) is 7.05 Å². The highest BCUT2D eigenvalue weighted by atomic mass is 16.5. The van der Waals surface area contributed by atoms with Gasteiger partial charge in [0.05, 0.1) is 18.6 Å². The Hall–Kier alpha value is -2.34. The summed E-state index contributed by atoms with van der Waals surface area (Å²) in [4.78, 5) is 14.6. The summed E-state index contributed by atoms with van der Waals surface area (Å²) < 4.78 is 13.6. The van der Waals surface area contributed by atoms with Crippen LogP contribution in [0.4, 0.5) is 0 Å². The number of benzene rings is 1. The minimum absolute atomic E-state index is 0.0877. The lowest BCUT2D eigenvalue weighted by atomic mass is 10.0.